The molecule has 0 radical (unpaired) electrons. The molecule has 6 nitrogen and oxygen atoms in total. The van der Waals surface area contributed by atoms with Crippen LogP contribution in [0.1, 0.15) is 29.2 Å². The van der Waals surface area contributed by atoms with E-state index in [0.717, 1.165) is 55.8 Å². The number of hydrogen-bond acceptors (Lipinski definition) is 4. The van der Waals surface area contributed by atoms with Crippen molar-refractivity contribution in [1.82, 2.24) is 25.0 Å². The molecule has 2 heterocycles. The molecule has 0 bridgehead atoms. The van der Waals surface area contributed by atoms with Crippen LogP contribution in [-0.2, 0) is 26.6 Å². The van der Waals surface area contributed by atoms with Gasteiger partial charge in [0, 0.05) is 26.7 Å². The topological polar surface area (TPSA) is 58.3 Å². The number of nitrogens with one attached hydrogen (secondary N) is 1. The second-order valence-electron chi connectivity index (χ2n) is 6.58. The Morgan fingerprint density at radius 3 is 2.74 bits per heavy atom. The van der Waals surface area contributed by atoms with Crippen molar-refractivity contribution in [2.75, 3.05) is 25.1 Å². The van der Waals surface area contributed by atoms with Gasteiger partial charge in [-0.25, -0.2) is 4.99 Å². The lowest BCUT2D eigenvalue weighted by atomic mass is 10.0. The Morgan fingerprint density at radius 1 is 1.26 bits per heavy atom. The quantitative estimate of drug-likeness (QED) is 0.286. The second-order valence-corrected chi connectivity index (χ2v) is 7.56. The standard InChI is InChI=1S/C19H28N6S.HI/c1-15-22-23-18(24(15)2)13-21-19(20-10-6-12-26-3)25-11-9-16-7-4-5-8-17(16)14-25;/h4-5,7-8H,6,9-14H2,1-3H3,(H,20,21);1H. The Balaban J connectivity index is 0.00000261. The highest BCUT2D eigenvalue weighted by molar-refractivity contribution is 14.0. The summed E-state index contributed by atoms with van der Waals surface area (Å²) < 4.78 is 2.00. The van der Waals surface area contributed by atoms with Crippen LogP contribution in [0.2, 0.25) is 0 Å². The molecule has 0 aliphatic carbocycles. The summed E-state index contributed by atoms with van der Waals surface area (Å²) in [5.74, 6) is 3.94. The van der Waals surface area contributed by atoms with Gasteiger partial charge in [0.2, 0.25) is 0 Å². The first-order chi connectivity index (χ1) is 12.7. The average molecular weight is 500 g/mol. The van der Waals surface area contributed by atoms with Gasteiger partial charge in [-0.15, -0.1) is 34.2 Å². The molecule has 1 aliphatic heterocycles. The molecule has 0 saturated carbocycles. The summed E-state index contributed by atoms with van der Waals surface area (Å²) in [4.78, 5) is 7.22. The van der Waals surface area contributed by atoms with Crippen LogP contribution >= 0.6 is 35.7 Å². The predicted molar refractivity (Wildman–Crippen MR) is 124 cm³/mol. The number of rotatable bonds is 6. The van der Waals surface area contributed by atoms with E-state index in [1.54, 1.807) is 0 Å². The maximum absolute atomic E-state index is 4.86. The fourth-order valence-electron chi connectivity index (χ4n) is 3.10. The van der Waals surface area contributed by atoms with Gasteiger partial charge in [-0.05, 0) is 42.9 Å². The first-order valence-electron chi connectivity index (χ1n) is 9.13. The number of aromatic nitrogens is 3. The maximum Gasteiger partial charge on any atom is 0.194 e. The Morgan fingerprint density at radius 2 is 2.04 bits per heavy atom. The summed E-state index contributed by atoms with van der Waals surface area (Å²) >= 11 is 1.88. The van der Waals surface area contributed by atoms with Crippen molar-refractivity contribution in [2.24, 2.45) is 12.0 Å². The Hall–Kier alpha value is -1.29. The zero-order valence-corrected chi connectivity index (χ0v) is 19.5. The minimum atomic E-state index is 0. The number of fused-ring (bicyclic) bond motifs is 1. The summed E-state index contributed by atoms with van der Waals surface area (Å²) in [5, 5.41) is 11.9. The molecule has 0 atom stereocenters. The van der Waals surface area contributed by atoms with E-state index in [1.807, 2.05) is 30.3 Å². The minimum Gasteiger partial charge on any atom is -0.356 e. The van der Waals surface area contributed by atoms with E-state index in [-0.39, 0.29) is 24.0 Å². The summed E-state index contributed by atoms with van der Waals surface area (Å²) in [6.45, 7) is 5.34. The van der Waals surface area contributed by atoms with Crippen LogP contribution in [0.3, 0.4) is 0 Å². The highest BCUT2D eigenvalue weighted by Gasteiger charge is 2.19. The highest BCUT2D eigenvalue weighted by atomic mass is 127. The van der Waals surface area contributed by atoms with Gasteiger partial charge >= 0.3 is 0 Å². The van der Waals surface area contributed by atoms with Gasteiger partial charge in [-0.2, -0.15) is 11.8 Å². The molecule has 27 heavy (non-hydrogen) atoms. The fraction of sp³-hybridized carbons (Fsp3) is 0.526. The molecule has 3 rings (SSSR count). The molecular weight excluding hydrogens is 471 g/mol. The number of nitrogens with zero attached hydrogens (tertiary/aromatic N) is 5. The number of aliphatic imine (C=N–C) groups is 1. The van der Waals surface area contributed by atoms with Gasteiger partial charge in [0.25, 0.3) is 0 Å². The molecule has 0 unspecified atom stereocenters. The van der Waals surface area contributed by atoms with E-state index in [0.29, 0.717) is 6.54 Å². The van der Waals surface area contributed by atoms with Crippen LogP contribution in [0.4, 0.5) is 0 Å². The number of halogens is 1. The van der Waals surface area contributed by atoms with E-state index >= 15 is 0 Å². The molecule has 1 aromatic carbocycles. The molecule has 1 aliphatic rings. The third-order valence-electron chi connectivity index (χ3n) is 4.79. The van der Waals surface area contributed by atoms with Crippen LogP contribution < -0.4 is 5.32 Å². The lowest BCUT2D eigenvalue weighted by Crippen LogP contribution is -2.44. The number of aryl methyl sites for hydroxylation is 1. The molecule has 1 aromatic heterocycles. The van der Waals surface area contributed by atoms with E-state index in [2.05, 4.69) is 50.9 Å². The molecule has 0 saturated heterocycles. The van der Waals surface area contributed by atoms with Gasteiger partial charge in [-0.3, -0.25) is 0 Å². The molecule has 0 amide bonds. The van der Waals surface area contributed by atoms with Crippen molar-refractivity contribution >= 4 is 41.7 Å². The Bertz CT molecular complexity index is 760. The Labute approximate surface area is 183 Å². The minimum absolute atomic E-state index is 0. The molecule has 0 fully saturated rings. The van der Waals surface area contributed by atoms with Crippen molar-refractivity contribution in [1.29, 1.82) is 0 Å². The lowest BCUT2D eigenvalue weighted by molar-refractivity contribution is 0.377. The SMILES string of the molecule is CSCCCNC(=NCc1nnc(C)n1C)N1CCc2ccccc2C1.I. The van der Waals surface area contributed by atoms with Gasteiger partial charge in [0.1, 0.15) is 12.4 Å². The second kappa shape index (κ2) is 10.9. The van der Waals surface area contributed by atoms with Crippen LogP contribution in [0.5, 0.6) is 0 Å². The summed E-state index contributed by atoms with van der Waals surface area (Å²) in [7, 11) is 1.99. The zero-order valence-electron chi connectivity index (χ0n) is 16.3. The normalized spacial score (nSPS) is 13.9. The lowest BCUT2D eigenvalue weighted by Gasteiger charge is -2.32. The van der Waals surface area contributed by atoms with E-state index in [4.69, 9.17) is 4.99 Å². The van der Waals surface area contributed by atoms with Crippen molar-refractivity contribution < 1.29 is 0 Å². The number of benzene rings is 1. The molecule has 0 spiro atoms. The fourth-order valence-corrected chi connectivity index (χ4v) is 3.53. The number of guanidine groups is 1. The number of thioether (sulfide) groups is 1. The van der Waals surface area contributed by atoms with Gasteiger partial charge in [0.05, 0.1) is 0 Å². The first kappa shape index (κ1) is 22.0. The van der Waals surface area contributed by atoms with Gasteiger partial charge < -0.3 is 14.8 Å². The third-order valence-corrected chi connectivity index (χ3v) is 5.49. The van der Waals surface area contributed by atoms with Crippen LogP contribution in [0.25, 0.3) is 0 Å². The molecule has 148 valence electrons. The van der Waals surface area contributed by atoms with Crippen molar-refractivity contribution in [3.63, 3.8) is 0 Å². The van der Waals surface area contributed by atoms with Crippen molar-refractivity contribution in [3.05, 3.63) is 47.0 Å². The summed E-state index contributed by atoms with van der Waals surface area (Å²) in [6.07, 6.45) is 4.34. The summed E-state index contributed by atoms with van der Waals surface area (Å²) in [6, 6.07) is 8.70. The van der Waals surface area contributed by atoms with Crippen LogP contribution in [0.15, 0.2) is 29.3 Å². The smallest absolute Gasteiger partial charge is 0.194 e. The van der Waals surface area contributed by atoms with Crippen molar-refractivity contribution in [3.8, 4) is 0 Å². The first-order valence-corrected chi connectivity index (χ1v) is 10.5. The monoisotopic (exact) mass is 500 g/mol. The van der Waals surface area contributed by atoms with E-state index in [9.17, 15) is 0 Å². The summed E-state index contributed by atoms with van der Waals surface area (Å²) in [5.41, 5.74) is 2.85. The van der Waals surface area contributed by atoms with Gasteiger partial charge in [0.15, 0.2) is 11.8 Å². The molecule has 8 heteroatoms. The highest BCUT2D eigenvalue weighted by Crippen LogP contribution is 2.18. The molecule has 1 N–H and O–H groups in total. The maximum atomic E-state index is 4.86. The molecular formula is C19H29IN6S. The Kier molecular flexibility index (Phi) is 8.88. The average Bonchev–Trinajstić information content (AvgIpc) is 2.99. The molecule has 2 aromatic rings. The van der Waals surface area contributed by atoms with Crippen molar-refractivity contribution in [2.45, 2.75) is 32.9 Å². The van der Waals surface area contributed by atoms with E-state index in [1.165, 1.54) is 11.1 Å². The largest absolute Gasteiger partial charge is 0.356 e. The number of hydrogen-bond donors (Lipinski definition) is 1. The van der Waals surface area contributed by atoms with E-state index < -0.39 is 0 Å². The van der Waals surface area contributed by atoms with Crippen LogP contribution in [-0.4, -0.2) is 50.7 Å². The zero-order chi connectivity index (χ0) is 18.4. The predicted octanol–water partition coefficient (Wildman–Crippen LogP) is 3.00. The van der Waals surface area contributed by atoms with Crippen LogP contribution in [0, 0.1) is 6.92 Å². The third kappa shape index (κ3) is 5.84. The van der Waals surface area contributed by atoms with Gasteiger partial charge in [-0.1, -0.05) is 24.3 Å².